The Morgan fingerprint density at radius 2 is 2.00 bits per heavy atom. The second-order valence-corrected chi connectivity index (χ2v) is 5.33. The van der Waals surface area contributed by atoms with Gasteiger partial charge in [-0.1, -0.05) is 18.2 Å². The van der Waals surface area contributed by atoms with Crippen molar-refractivity contribution in [3.8, 4) is 0 Å². The lowest BCUT2D eigenvalue weighted by Crippen LogP contribution is -2.31. The van der Waals surface area contributed by atoms with Gasteiger partial charge in [0.05, 0.1) is 0 Å². The molecule has 0 atom stereocenters. The summed E-state index contributed by atoms with van der Waals surface area (Å²) < 4.78 is 0. The number of nitrogens with zero attached hydrogens (tertiary/aromatic N) is 1. The number of rotatable bonds is 4. The first-order valence-corrected chi connectivity index (χ1v) is 7.19. The molecule has 2 nitrogen and oxygen atoms in total. The van der Waals surface area contributed by atoms with Gasteiger partial charge in [-0.05, 0) is 30.9 Å². The standard InChI is InChI=1S/C13H20N2S/c1-2-5-13(6-3-1)14-7-9-15-8-4-11-16-12-10-15/h1-3,5-6,14H,4,7-12H2. The van der Waals surface area contributed by atoms with Crippen LogP contribution in [0.1, 0.15) is 6.42 Å². The van der Waals surface area contributed by atoms with E-state index in [2.05, 4.69) is 52.3 Å². The van der Waals surface area contributed by atoms with E-state index in [1.165, 1.54) is 36.7 Å². The monoisotopic (exact) mass is 236 g/mol. The minimum Gasteiger partial charge on any atom is -0.384 e. The zero-order chi connectivity index (χ0) is 11.1. The van der Waals surface area contributed by atoms with Gasteiger partial charge < -0.3 is 10.2 Å². The number of hydrogen-bond donors (Lipinski definition) is 1. The van der Waals surface area contributed by atoms with Gasteiger partial charge in [0.25, 0.3) is 0 Å². The molecule has 0 aliphatic carbocycles. The van der Waals surface area contributed by atoms with Crippen LogP contribution in [-0.2, 0) is 0 Å². The van der Waals surface area contributed by atoms with Crippen LogP contribution in [0.2, 0.25) is 0 Å². The number of thioether (sulfide) groups is 1. The van der Waals surface area contributed by atoms with Crippen LogP contribution in [0.25, 0.3) is 0 Å². The van der Waals surface area contributed by atoms with Crippen LogP contribution in [0.4, 0.5) is 5.69 Å². The Kier molecular flexibility index (Phi) is 5.03. The first kappa shape index (κ1) is 11.8. The van der Waals surface area contributed by atoms with Crippen LogP contribution in [0.5, 0.6) is 0 Å². The van der Waals surface area contributed by atoms with E-state index in [4.69, 9.17) is 0 Å². The molecule has 2 rings (SSSR count). The maximum absolute atomic E-state index is 3.46. The third-order valence-electron chi connectivity index (χ3n) is 2.85. The van der Waals surface area contributed by atoms with Crippen molar-refractivity contribution in [1.82, 2.24) is 4.90 Å². The second kappa shape index (κ2) is 6.81. The van der Waals surface area contributed by atoms with E-state index in [0.717, 1.165) is 13.1 Å². The molecule has 88 valence electrons. The van der Waals surface area contributed by atoms with E-state index in [1.54, 1.807) is 0 Å². The Bertz CT molecular complexity index is 281. The highest BCUT2D eigenvalue weighted by Gasteiger charge is 2.07. The van der Waals surface area contributed by atoms with Crippen LogP contribution in [-0.4, -0.2) is 42.6 Å². The van der Waals surface area contributed by atoms with E-state index in [0.29, 0.717) is 0 Å². The Morgan fingerprint density at radius 3 is 2.88 bits per heavy atom. The summed E-state index contributed by atoms with van der Waals surface area (Å²) in [5.41, 5.74) is 1.23. The Morgan fingerprint density at radius 1 is 1.12 bits per heavy atom. The molecule has 16 heavy (non-hydrogen) atoms. The van der Waals surface area contributed by atoms with E-state index < -0.39 is 0 Å². The van der Waals surface area contributed by atoms with Crippen molar-refractivity contribution in [2.75, 3.05) is 43.0 Å². The average molecular weight is 236 g/mol. The van der Waals surface area contributed by atoms with Crippen LogP contribution >= 0.6 is 11.8 Å². The maximum Gasteiger partial charge on any atom is 0.0340 e. The minimum absolute atomic E-state index is 1.05. The van der Waals surface area contributed by atoms with Gasteiger partial charge in [0.2, 0.25) is 0 Å². The summed E-state index contributed by atoms with van der Waals surface area (Å²) in [6.07, 6.45) is 1.34. The topological polar surface area (TPSA) is 15.3 Å². The summed E-state index contributed by atoms with van der Waals surface area (Å²) >= 11 is 2.09. The van der Waals surface area contributed by atoms with Crippen molar-refractivity contribution >= 4 is 17.4 Å². The number of benzene rings is 1. The number of hydrogen-bond acceptors (Lipinski definition) is 3. The first-order chi connectivity index (χ1) is 7.95. The number of anilines is 1. The molecule has 1 aliphatic heterocycles. The molecule has 1 heterocycles. The Labute approximate surface area is 102 Å². The predicted molar refractivity (Wildman–Crippen MR) is 73.3 cm³/mol. The molecule has 1 aliphatic rings. The molecule has 1 N–H and O–H groups in total. The summed E-state index contributed by atoms with van der Waals surface area (Å²) in [5, 5.41) is 3.46. The highest BCUT2D eigenvalue weighted by Crippen LogP contribution is 2.10. The van der Waals surface area contributed by atoms with Gasteiger partial charge in [-0.3, -0.25) is 0 Å². The third-order valence-corrected chi connectivity index (χ3v) is 3.89. The molecule has 1 saturated heterocycles. The van der Waals surface area contributed by atoms with Gasteiger partial charge >= 0.3 is 0 Å². The van der Waals surface area contributed by atoms with Crippen molar-refractivity contribution in [2.45, 2.75) is 6.42 Å². The molecule has 1 aromatic rings. The highest BCUT2D eigenvalue weighted by atomic mass is 32.2. The van der Waals surface area contributed by atoms with E-state index in [9.17, 15) is 0 Å². The molecular formula is C13H20N2S. The average Bonchev–Trinajstić information content (AvgIpc) is 2.59. The summed E-state index contributed by atoms with van der Waals surface area (Å²) in [6.45, 7) is 4.73. The molecule has 0 bridgehead atoms. The lowest BCUT2D eigenvalue weighted by atomic mass is 10.3. The fourth-order valence-corrected chi connectivity index (χ4v) is 2.86. The van der Waals surface area contributed by atoms with Crippen molar-refractivity contribution in [3.63, 3.8) is 0 Å². The van der Waals surface area contributed by atoms with E-state index >= 15 is 0 Å². The summed E-state index contributed by atoms with van der Waals surface area (Å²) in [5.74, 6) is 2.63. The fourth-order valence-electron chi connectivity index (χ4n) is 1.94. The quantitative estimate of drug-likeness (QED) is 0.865. The zero-order valence-corrected chi connectivity index (χ0v) is 10.5. The lowest BCUT2D eigenvalue weighted by molar-refractivity contribution is 0.307. The lowest BCUT2D eigenvalue weighted by Gasteiger charge is -2.19. The zero-order valence-electron chi connectivity index (χ0n) is 9.69. The van der Waals surface area contributed by atoms with Crippen LogP contribution in [0.15, 0.2) is 30.3 Å². The SMILES string of the molecule is c1ccc(NCCN2CCCSCC2)cc1. The molecule has 0 amide bonds. The van der Waals surface area contributed by atoms with Gasteiger partial charge in [-0.2, -0.15) is 11.8 Å². The van der Waals surface area contributed by atoms with E-state index in [-0.39, 0.29) is 0 Å². The van der Waals surface area contributed by atoms with Gasteiger partial charge in [-0.25, -0.2) is 0 Å². The van der Waals surface area contributed by atoms with Gasteiger partial charge in [-0.15, -0.1) is 0 Å². The predicted octanol–water partition coefficient (Wildman–Crippen LogP) is 2.54. The molecule has 0 saturated carbocycles. The van der Waals surface area contributed by atoms with Crippen molar-refractivity contribution in [1.29, 1.82) is 0 Å². The molecule has 0 spiro atoms. The normalized spacial score (nSPS) is 18.0. The van der Waals surface area contributed by atoms with Crippen molar-refractivity contribution < 1.29 is 0 Å². The molecule has 1 aromatic carbocycles. The summed E-state index contributed by atoms with van der Waals surface area (Å²) in [4.78, 5) is 2.57. The van der Waals surface area contributed by atoms with E-state index in [1.807, 2.05) is 0 Å². The smallest absolute Gasteiger partial charge is 0.0340 e. The summed E-state index contributed by atoms with van der Waals surface area (Å²) in [6, 6.07) is 10.4. The van der Waals surface area contributed by atoms with Gasteiger partial charge in [0, 0.05) is 31.1 Å². The van der Waals surface area contributed by atoms with Crippen LogP contribution in [0.3, 0.4) is 0 Å². The van der Waals surface area contributed by atoms with Crippen molar-refractivity contribution in [2.24, 2.45) is 0 Å². The molecule has 0 radical (unpaired) electrons. The Balaban J connectivity index is 1.67. The Hall–Kier alpha value is -0.670. The number of para-hydroxylation sites is 1. The summed E-state index contributed by atoms with van der Waals surface area (Å²) in [7, 11) is 0. The maximum atomic E-state index is 3.46. The molecule has 0 unspecified atom stereocenters. The second-order valence-electron chi connectivity index (χ2n) is 4.10. The fraction of sp³-hybridized carbons (Fsp3) is 0.538. The minimum atomic E-state index is 1.05. The molecular weight excluding hydrogens is 216 g/mol. The van der Waals surface area contributed by atoms with Gasteiger partial charge in [0.1, 0.15) is 0 Å². The molecule has 3 heteroatoms. The molecule has 1 fully saturated rings. The first-order valence-electron chi connectivity index (χ1n) is 6.04. The van der Waals surface area contributed by atoms with Crippen LogP contribution in [0, 0.1) is 0 Å². The largest absolute Gasteiger partial charge is 0.384 e. The third kappa shape index (κ3) is 4.06. The van der Waals surface area contributed by atoms with Gasteiger partial charge in [0.15, 0.2) is 0 Å². The number of nitrogens with one attached hydrogen (secondary N) is 1. The highest BCUT2D eigenvalue weighted by molar-refractivity contribution is 7.99. The van der Waals surface area contributed by atoms with Crippen LogP contribution < -0.4 is 5.32 Å². The molecule has 0 aromatic heterocycles. The van der Waals surface area contributed by atoms with Crippen molar-refractivity contribution in [3.05, 3.63) is 30.3 Å².